The van der Waals surface area contributed by atoms with Crippen LogP contribution in [0.5, 0.6) is 17.2 Å². The first-order valence-corrected chi connectivity index (χ1v) is 7.67. The second kappa shape index (κ2) is 9.20. The summed E-state index contributed by atoms with van der Waals surface area (Å²) in [4.78, 5) is 12.3. The molecule has 0 saturated heterocycles. The largest absolute Gasteiger partial charge is 0.497 e. The van der Waals surface area contributed by atoms with Crippen LogP contribution >= 0.6 is 0 Å². The topological polar surface area (TPSA) is 80.6 Å². The van der Waals surface area contributed by atoms with E-state index in [1.807, 2.05) is 0 Å². The van der Waals surface area contributed by atoms with Crippen molar-refractivity contribution in [2.24, 2.45) is 0 Å². The molecule has 0 aliphatic heterocycles. The average Bonchev–Trinajstić information content (AvgIpc) is 2.65. The Morgan fingerprint density at radius 2 is 1.93 bits per heavy atom. The zero-order valence-electron chi connectivity index (χ0n) is 14.5. The van der Waals surface area contributed by atoms with Crippen molar-refractivity contribution < 1.29 is 27.8 Å². The summed E-state index contributed by atoms with van der Waals surface area (Å²) in [6.07, 6.45) is 1.26. The van der Waals surface area contributed by atoms with Crippen molar-refractivity contribution >= 4 is 17.7 Å². The number of methoxy groups -OCH3 is 2. The third kappa shape index (κ3) is 5.44. The Bertz CT molecular complexity index is 892. The number of amides is 1. The standard InChI is InChI=1S/C19H16F2N2O4/c1-25-15-5-3-4-14(10-15)23-18(24)13(11-22)8-12-6-7-16(26-2)17(9-12)27-19(20)21/h3-10,19H,1-2H3,(H,23,24). The van der Waals surface area contributed by atoms with Crippen molar-refractivity contribution in [2.75, 3.05) is 19.5 Å². The van der Waals surface area contributed by atoms with Gasteiger partial charge in [0, 0.05) is 11.8 Å². The first-order chi connectivity index (χ1) is 13.0. The minimum Gasteiger partial charge on any atom is -0.497 e. The molecule has 0 aromatic heterocycles. The molecule has 2 aromatic carbocycles. The maximum Gasteiger partial charge on any atom is 0.387 e. The van der Waals surface area contributed by atoms with Crippen LogP contribution < -0.4 is 19.5 Å². The predicted octanol–water partition coefficient (Wildman–Crippen LogP) is 3.85. The van der Waals surface area contributed by atoms with Gasteiger partial charge in [0.05, 0.1) is 14.2 Å². The smallest absolute Gasteiger partial charge is 0.387 e. The number of hydrogen-bond acceptors (Lipinski definition) is 5. The Balaban J connectivity index is 2.26. The van der Waals surface area contributed by atoms with Crippen LogP contribution in [0.3, 0.4) is 0 Å². The number of alkyl halides is 2. The number of rotatable bonds is 7. The molecule has 8 heteroatoms. The fourth-order valence-corrected chi connectivity index (χ4v) is 2.19. The lowest BCUT2D eigenvalue weighted by atomic mass is 10.1. The van der Waals surface area contributed by atoms with E-state index in [0.29, 0.717) is 17.0 Å². The van der Waals surface area contributed by atoms with Crippen molar-refractivity contribution in [1.29, 1.82) is 5.26 Å². The summed E-state index contributed by atoms with van der Waals surface area (Å²) in [5.41, 5.74) is 0.548. The van der Waals surface area contributed by atoms with Gasteiger partial charge in [0.25, 0.3) is 5.91 Å². The van der Waals surface area contributed by atoms with Gasteiger partial charge in [-0.05, 0) is 35.9 Å². The summed E-state index contributed by atoms with van der Waals surface area (Å²) in [5, 5.41) is 11.8. The van der Waals surface area contributed by atoms with Gasteiger partial charge in [0.15, 0.2) is 11.5 Å². The zero-order chi connectivity index (χ0) is 19.8. The zero-order valence-corrected chi connectivity index (χ0v) is 14.5. The molecule has 1 N–H and O–H groups in total. The number of carbonyl (C=O) groups excluding carboxylic acids is 1. The van der Waals surface area contributed by atoms with E-state index in [1.54, 1.807) is 30.3 Å². The van der Waals surface area contributed by atoms with Gasteiger partial charge < -0.3 is 19.5 Å². The second-order valence-electron chi connectivity index (χ2n) is 5.14. The van der Waals surface area contributed by atoms with E-state index in [2.05, 4.69) is 10.1 Å². The minimum absolute atomic E-state index is 0.104. The number of halogens is 2. The third-order valence-electron chi connectivity index (χ3n) is 3.41. The van der Waals surface area contributed by atoms with Gasteiger partial charge in [0.2, 0.25) is 0 Å². The first kappa shape index (κ1) is 19.7. The quantitative estimate of drug-likeness (QED) is 0.588. The number of nitriles is 1. The Labute approximate surface area is 154 Å². The van der Waals surface area contributed by atoms with Crippen LogP contribution in [-0.2, 0) is 4.79 Å². The number of nitrogens with one attached hydrogen (secondary N) is 1. The van der Waals surface area contributed by atoms with E-state index >= 15 is 0 Å². The molecule has 27 heavy (non-hydrogen) atoms. The Kier molecular flexibility index (Phi) is 6.72. The highest BCUT2D eigenvalue weighted by atomic mass is 19.3. The number of benzene rings is 2. The Morgan fingerprint density at radius 3 is 2.56 bits per heavy atom. The van der Waals surface area contributed by atoms with Crippen molar-refractivity contribution in [3.63, 3.8) is 0 Å². The summed E-state index contributed by atoms with van der Waals surface area (Å²) < 4.78 is 39.4. The lowest BCUT2D eigenvalue weighted by Crippen LogP contribution is -2.13. The summed E-state index contributed by atoms with van der Waals surface area (Å²) in [6.45, 7) is -3.04. The molecule has 1 amide bonds. The van der Waals surface area contributed by atoms with Crippen molar-refractivity contribution in [3.05, 3.63) is 53.6 Å². The van der Waals surface area contributed by atoms with Crippen LogP contribution in [0.2, 0.25) is 0 Å². The molecule has 140 valence electrons. The molecular formula is C19H16F2N2O4. The molecule has 0 spiro atoms. The monoisotopic (exact) mass is 374 g/mol. The molecule has 2 rings (SSSR count). The molecule has 0 aliphatic rings. The number of carbonyl (C=O) groups is 1. The lowest BCUT2D eigenvalue weighted by Gasteiger charge is -2.10. The average molecular weight is 374 g/mol. The van der Waals surface area contributed by atoms with Crippen LogP contribution in [0.15, 0.2) is 48.0 Å². The van der Waals surface area contributed by atoms with Crippen LogP contribution in [0.25, 0.3) is 6.08 Å². The molecule has 6 nitrogen and oxygen atoms in total. The fourth-order valence-electron chi connectivity index (χ4n) is 2.19. The van der Waals surface area contributed by atoms with Crippen LogP contribution in [0.4, 0.5) is 14.5 Å². The molecule has 0 bridgehead atoms. The van der Waals surface area contributed by atoms with Gasteiger partial charge in [-0.25, -0.2) is 0 Å². The first-order valence-electron chi connectivity index (χ1n) is 7.67. The lowest BCUT2D eigenvalue weighted by molar-refractivity contribution is -0.112. The second-order valence-corrected chi connectivity index (χ2v) is 5.14. The van der Waals surface area contributed by atoms with E-state index < -0.39 is 12.5 Å². The molecule has 0 saturated carbocycles. The van der Waals surface area contributed by atoms with Crippen molar-refractivity contribution in [3.8, 4) is 23.3 Å². The molecule has 0 heterocycles. The summed E-state index contributed by atoms with van der Waals surface area (Å²) in [6, 6.07) is 12.6. The summed E-state index contributed by atoms with van der Waals surface area (Å²) in [7, 11) is 2.80. The van der Waals surface area contributed by atoms with Crippen molar-refractivity contribution in [1.82, 2.24) is 0 Å². The fraction of sp³-hybridized carbons (Fsp3) is 0.158. The van der Waals surface area contributed by atoms with E-state index in [9.17, 15) is 18.8 Å². The van der Waals surface area contributed by atoms with Gasteiger partial charge in [-0.15, -0.1) is 0 Å². The maximum absolute atomic E-state index is 12.5. The van der Waals surface area contributed by atoms with Gasteiger partial charge >= 0.3 is 6.61 Å². The molecular weight excluding hydrogens is 358 g/mol. The number of nitrogens with zero attached hydrogens (tertiary/aromatic N) is 1. The highest BCUT2D eigenvalue weighted by Gasteiger charge is 2.13. The Hall–Kier alpha value is -3.60. The normalized spacial score (nSPS) is 10.9. The molecule has 0 radical (unpaired) electrons. The van der Waals surface area contributed by atoms with Crippen molar-refractivity contribution in [2.45, 2.75) is 6.61 Å². The van der Waals surface area contributed by atoms with E-state index in [1.165, 1.54) is 38.5 Å². The highest BCUT2D eigenvalue weighted by Crippen LogP contribution is 2.30. The Morgan fingerprint density at radius 1 is 1.15 bits per heavy atom. The highest BCUT2D eigenvalue weighted by molar-refractivity contribution is 6.09. The van der Waals surface area contributed by atoms with Gasteiger partial charge in [-0.1, -0.05) is 12.1 Å². The SMILES string of the molecule is COc1cccc(NC(=O)C(C#N)=Cc2ccc(OC)c(OC(F)F)c2)c1. The summed E-state index contributed by atoms with van der Waals surface area (Å²) in [5.74, 6) is -0.212. The van der Waals surface area contributed by atoms with Gasteiger partial charge in [-0.2, -0.15) is 14.0 Å². The molecule has 0 aliphatic carbocycles. The number of anilines is 1. The van der Waals surface area contributed by atoms with Crippen LogP contribution in [-0.4, -0.2) is 26.7 Å². The predicted molar refractivity (Wildman–Crippen MR) is 94.8 cm³/mol. The third-order valence-corrected chi connectivity index (χ3v) is 3.41. The van der Waals surface area contributed by atoms with Gasteiger partial charge in [0.1, 0.15) is 17.4 Å². The van der Waals surface area contributed by atoms with Crippen LogP contribution in [0.1, 0.15) is 5.56 Å². The molecule has 0 fully saturated rings. The minimum atomic E-state index is -3.04. The maximum atomic E-state index is 12.5. The van der Waals surface area contributed by atoms with E-state index in [-0.39, 0.29) is 17.1 Å². The van der Waals surface area contributed by atoms with E-state index in [0.717, 1.165) is 0 Å². The van der Waals surface area contributed by atoms with Crippen LogP contribution in [0, 0.1) is 11.3 Å². The molecule has 0 atom stereocenters. The van der Waals surface area contributed by atoms with Gasteiger partial charge in [-0.3, -0.25) is 4.79 Å². The summed E-state index contributed by atoms with van der Waals surface area (Å²) >= 11 is 0. The number of ether oxygens (including phenoxy) is 3. The molecule has 0 unspecified atom stereocenters. The van der Waals surface area contributed by atoms with E-state index in [4.69, 9.17) is 9.47 Å². The molecule has 2 aromatic rings. The number of hydrogen-bond donors (Lipinski definition) is 1.